The molecule has 1 atom stereocenters. The first-order valence-electron chi connectivity index (χ1n) is 5.85. The lowest BCUT2D eigenvalue weighted by Gasteiger charge is -2.34. The summed E-state index contributed by atoms with van der Waals surface area (Å²) in [6.07, 6.45) is 0.778. The van der Waals surface area contributed by atoms with Crippen molar-refractivity contribution in [2.45, 2.75) is 19.4 Å². The average molecular weight is 232 g/mol. The smallest absolute Gasteiger partial charge is 0.312 e. The molecule has 0 aliphatic carbocycles. The Morgan fingerprint density at radius 1 is 1.29 bits per heavy atom. The second kappa shape index (κ2) is 4.99. The number of rotatable bonds is 3. The molecule has 0 aromatic heterocycles. The monoisotopic (exact) mass is 232 g/mol. The standard InChI is InChI=1S/C13H16N2O2/c1-2-15-11(9-14-12(16)13(15)17)8-10-6-4-3-5-7-10/h3-7,11H,2,8-9H2,1H3,(H,14,16)/t11-/m0/s1. The predicted molar refractivity (Wildman–Crippen MR) is 64.3 cm³/mol. The van der Waals surface area contributed by atoms with Crippen LogP contribution in [-0.2, 0) is 16.0 Å². The Morgan fingerprint density at radius 3 is 2.65 bits per heavy atom. The van der Waals surface area contributed by atoms with E-state index < -0.39 is 11.8 Å². The van der Waals surface area contributed by atoms with Crippen molar-refractivity contribution in [1.29, 1.82) is 0 Å². The van der Waals surface area contributed by atoms with Crippen LogP contribution >= 0.6 is 0 Å². The summed E-state index contributed by atoms with van der Waals surface area (Å²) in [5, 5.41) is 2.64. The molecule has 1 heterocycles. The first-order chi connectivity index (χ1) is 8.22. The Hall–Kier alpha value is -1.84. The molecule has 0 spiro atoms. The van der Waals surface area contributed by atoms with Gasteiger partial charge in [0.05, 0.1) is 6.04 Å². The van der Waals surface area contributed by atoms with Gasteiger partial charge in [0.25, 0.3) is 0 Å². The van der Waals surface area contributed by atoms with Crippen LogP contribution in [0.3, 0.4) is 0 Å². The number of amides is 2. The van der Waals surface area contributed by atoms with E-state index in [0.717, 1.165) is 6.42 Å². The van der Waals surface area contributed by atoms with Gasteiger partial charge in [-0.05, 0) is 18.9 Å². The number of nitrogens with zero attached hydrogens (tertiary/aromatic N) is 1. The van der Waals surface area contributed by atoms with E-state index in [-0.39, 0.29) is 6.04 Å². The number of carbonyl (C=O) groups is 2. The Kier molecular flexibility index (Phi) is 3.42. The Bertz CT molecular complexity index is 417. The largest absolute Gasteiger partial charge is 0.346 e. The number of benzene rings is 1. The fourth-order valence-electron chi connectivity index (χ4n) is 2.16. The van der Waals surface area contributed by atoms with E-state index in [0.29, 0.717) is 13.1 Å². The normalized spacial score (nSPS) is 20.3. The molecule has 1 saturated heterocycles. The molecular formula is C13H16N2O2. The maximum absolute atomic E-state index is 11.7. The van der Waals surface area contributed by atoms with Gasteiger partial charge in [-0.15, -0.1) is 0 Å². The van der Waals surface area contributed by atoms with Crippen LogP contribution in [-0.4, -0.2) is 35.8 Å². The van der Waals surface area contributed by atoms with Crippen LogP contribution in [0.5, 0.6) is 0 Å². The Balaban J connectivity index is 2.10. The van der Waals surface area contributed by atoms with Gasteiger partial charge < -0.3 is 10.2 Å². The van der Waals surface area contributed by atoms with Crippen molar-refractivity contribution in [2.75, 3.05) is 13.1 Å². The number of hydrogen-bond donors (Lipinski definition) is 1. The molecule has 1 aliphatic heterocycles. The third kappa shape index (κ3) is 2.46. The van der Waals surface area contributed by atoms with Crippen LogP contribution < -0.4 is 5.32 Å². The molecule has 1 aromatic rings. The summed E-state index contributed by atoms with van der Waals surface area (Å²) in [5.74, 6) is -0.907. The third-order valence-electron chi connectivity index (χ3n) is 3.05. The van der Waals surface area contributed by atoms with E-state index in [4.69, 9.17) is 0 Å². The summed E-state index contributed by atoms with van der Waals surface area (Å²) in [4.78, 5) is 24.6. The molecule has 0 bridgehead atoms. The van der Waals surface area contributed by atoms with Gasteiger partial charge in [-0.3, -0.25) is 9.59 Å². The van der Waals surface area contributed by atoms with E-state index in [1.807, 2.05) is 37.3 Å². The first kappa shape index (κ1) is 11.6. The zero-order valence-corrected chi connectivity index (χ0v) is 9.85. The Morgan fingerprint density at radius 2 is 2.00 bits per heavy atom. The van der Waals surface area contributed by atoms with Gasteiger partial charge >= 0.3 is 11.8 Å². The van der Waals surface area contributed by atoms with Crippen molar-refractivity contribution in [3.63, 3.8) is 0 Å². The molecule has 4 nitrogen and oxygen atoms in total. The Labute approximate surface area is 101 Å². The van der Waals surface area contributed by atoms with Crippen LogP contribution in [0.2, 0.25) is 0 Å². The highest BCUT2D eigenvalue weighted by Crippen LogP contribution is 2.11. The van der Waals surface area contributed by atoms with Crippen molar-refractivity contribution in [1.82, 2.24) is 10.2 Å². The van der Waals surface area contributed by atoms with E-state index in [9.17, 15) is 9.59 Å². The topological polar surface area (TPSA) is 49.4 Å². The van der Waals surface area contributed by atoms with Gasteiger partial charge in [0, 0.05) is 13.1 Å². The fraction of sp³-hybridized carbons (Fsp3) is 0.385. The van der Waals surface area contributed by atoms with Gasteiger partial charge in [-0.1, -0.05) is 30.3 Å². The molecule has 90 valence electrons. The predicted octanol–water partition coefficient (Wildman–Crippen LogP) is 0.576. The third-order valence-corrected chi connectivity index (χ3v) is 3.05. The highest BCUT2D eigenvalue weighted by Gasteiger charge is 2.32. The van der Waals surface area contributed by atoms with Crippen LogP contribution in [0.15, 0.2) is 30.3 Å². The first-order valence-corrected chi connectivity index (χ1v) is 5.85. The van der Waals surface area contributed by atoms with Gasteiger partial charge in [0.2, 0.25) is 0 Å². The lowest BCUT2D eigenvalue weighted by atomic mass is 10.0. The molecule has 1 aromatic carbocycles. The van der Waals surface area contributed by atoms with Crippen LogP contribution in [0, 0.1) is 0 Å². The van der Waals surface area contributed by atoms with Crippen molar-refractivity contribution in [3.8, 4) is 0 Å². The summed E-state index contributed by atoms with van der Waals surface area (Å²) in [6, 6.07) is 10.1. The maximum Gasteiger partial charge on any atom is 0.312 e. The minimum atomic E-state index is -0.490. The van der Waals surface area contributed by atoms with Gasteiger partial charge in [0.1, 0.15) is 0 Å². The molecular weight excluding hydrogens is 216 g/mol. The summed E-state index contributed by atoms with van der Waals surface area (Å²) >= 11 is 0. The van der Waals surface area contributed by atoms with E-state index >= 15 is 0 Å². The molecule has 1 aliphatic rings. The number of piperazine rings is 1. The summed E-state index contributed by atoms with van der Waals surface area (Å²) in [7, 11) is 0. The SMILES string of the molecule is CCN1C(=O)C(=O)NC[C@@H]1Cc1ccccc1. The summed E-state index contributed by atoms with van der Waals surface area (Å²) in [5.41, 5.74) is 1.18. The van der Waals surface area contributed by atoms with Gasteiger partial charge in [-0.25, -0.2) is 0 Å². The van der Waals surface area contributed by atoms with Crippen LogP contribution in [0.1, 0.15) is 12.5 Å². The van der Waals surface area contributed by atoms with Crippen molar-refractivity contribution >= 4 is 11.8 Å². The van der Waals surface area contributed by atoms with Gasteiger partial charge in [0.15, 0.2) is 0 Å². The minimum absolute atomic E-state index is 0.0626. The molecule has 17 heavy (non-hydrogen) atoms. The number of likely N-dealkylation sites (N-methyl/N-ethyl adjacent to an activating group) is 1. The van der Waals surface area contributed by atoms with Crippen molar-refractivity contribution in [2.24, 2.45) is 0 Å². The highest BCUT2D eigenvalue weighted by atomic mass is 16.2. The second-order valence-corrected chi connectivity index (χ2v) is 4.14. The second-order valence-electron chi connectivity index (χ2n) is 4.14. The molecule has 0 unspecified atom stereocenters. The van der Waals surface area contributed by atoms with Gasteiger partial charge in [-0.2, -0.15) is 0 Å². The minimum Gasteiger partial charge on any atom is -0.346 e. The van der Waals surface area contributed by atoms with Crippen molar-refractivity contribution < 1.29 is 9.59 Å². The molecule has 1 fully saturated rings. The highest BCUT2D eigenvalue weighted by molar-refractivity contribution is 6.35. The lowest BCUT2D eigenvalue weighted by Crippen LogP contribution is -2.58. The lowest BCUT2D eigenvalue weighted by molar-refractivity contribution is -0.150. The molecule has 2 amide bonds. The summed E-state index contributed by atoms with van der Waals surface area (Å²) < 4.78 is 0. The quantitative estimate of drug-likeness (QED) is 0.775. The van der Waals surface area contributed by atoms with E-state index in [1.165, 1.54) is 5.56 Å². The average Bonchev–Trinajstić information content (AvgIpc) is 2.36. The number of hydrogen-bond acceptors (Lipinski definition) is 2. The fourth-order valence-corrected chi connectivity index (χ4v) is 2.16. The van der Waals surface area contributed by atoms with E-state index in [2.05, 4.69) is 5.32 Å². The van der Waals surface area contributed by atoms with E-state index in [1.54, 1.807) is 4.90 Å². The van der Waals surface area contributed by atoms with Crippen LogP contribution in [0.25, 0.3) is 0 Å². The molecule has 0 radical (unpaired) electrons. The van der Waals surface area contributed by atoms with Crippen molar-refractivity contribution in [3.05, 3.63) is 35.9 Å². The molecule has 1 N–H and O–H groups in total. The zero-order valence-electron chi connectivity index (χ0n) is 9.85. The molecule has 0 saturated carbocycles. The maximum atomic E-state index is 11.7. The van der Waals surface area contributed by atoms with Crippen LogP contribution in [0.4, 0.5) is 0 Å². The molecule has 2 rings (SSSR count). The number of nitrogens with one attached hydrogen (secondary N) is 1. The molecule has 4 heteroatoms. The zero-order chi connectivity index (χ0) is 12.3. The summed E-state index contributed by atoms with van der Waals surface area (Å²) in [6.45, 7) is 3.01. The number of carbonyl (C=O) groups excluding carboxylic acids is 2.